The summed E-state index contributed by atoms with van der Waals surface area (Å²) in [5.74, 6) is -0.0988. The number of rotatable bonds is 3. The van der Waals surface area contributed by atoms with Gasteiger partial charge in [0.15, 0.2) is 0 Å². The Morgan fingerprint density at radius 2 is 2.14 bits per heavy atom. The number of ketones is 1. The lowest BCUT2D eigenvalue weighted by atomic mass is 10.1. The smallest absolute Gasteiger partial charge is 0.265 e. The summed E-state index contributed by atoms with van der Waals surface area (Å²) in [6, 6.07) is 4.32. The van der Waals surface area contributed by atoms with Gasteiger partial charge >= 0.3 is 0 Å². The van der Waals surface area contributed by atoms with Gasteiger partial charge in [-0.15, -0.1) is 0 Å². The molecule has 1 aromatic carbocycles. The summed E-state index contributed by atoms with van der Waals surface area (Å²) in [5.41, 5.74) is 0.238. The highest BCUT2D eigenvalue weighted by Crippen LogP contribution is 2.29. The molecule has 0 radical (unpaired) electrons. The van der Waals surface area contributed by atoms with Gasteiger partial charge in [0.05, 0.1) is 5.02 Å². The monoisotopic (exact) mass is 218 g/mol. The van der Waals surface area contributed by atoms with Crippen LogP contribution >= 0.6 is 11.6 Å². The second kappa shape index (κ2) is 4.51. The third kappa shape index (κ3) is 2.51. The van der Waals surface area contributed by atoms with Crippen molar-refractivity contribution in [1.82, 2.24) is 0 Å². The summed E-state index contributed by atoms with van der Waals surface area (Å²) in [4.78, 5) is 10.8. The van der Waals surface area contributed by atoms with E-state index in [1.165, 1.54) is 19.1 Å². The molecule has 0 atom stereocenters. The fourth-order valence-electron chi connectivity index (χ4n) is 1.17. The lowest BCUT2D eigenvalue weighted by Crippen LogP contribution is -1.99. The average Bonchev–Trinajstić information content (AvgIpc) is 2.07. The van der Waals surface area contributed by atoms with E-state index in [1.54, 1.807) is 6.07 Å². The molecule has 0 fully saturated rings. The van der Waals surface area contributed by atoms with Gasteiger partial charge in [-0.05, 0) is 12.5 Å². The first-order valence-corrected chi connectivity index (χ1v) is 4.45. The second-order valence-corrected chi connectivity index (χ2v) is 3.38. The predicted octanol–water partition coefficient (Wildman–Crippen LogP) is 3.41. The van der Waals surface area contributed by atoms with Crippen LogP contribution in [0.3, 0.4) is 0 Å². The van der Waals surface area contributed by atoms with Crippen molar-refractivity contribution >= 4 is 17.4 Å². The van der Waals surface area contributed by atoms with Crippen LogP contribution < -0.4 is 0 Å². The van der Waals surface area contributed by atoms with E-state index < -0.39 is 6.43 Å². The Kier molecular flexibility index (Phi) is 3.58. The highest BCUT2D eigenvalue weighted by atomic mass is 35.5. The van der Waals surface area contributed by atoms with Crippen molar-refractivity contribution in [3.8, 4) is 0 Å². The number of carbonyl (C=O) groups excluding carboxylic acids is 1. The number of hydrogen-bond donors (Lipinski definition) is 0. The highest BCUT2D eigenvalue weighted by molar-refractivity contribution is 6.32. The first-order valence-electron chi connectivity index (χ1n) is 4.07. The third-order valence-electron chi connectivity index (χ3n) is 1.78. The number of halogens is 3. The van der Waals surface area contributed by atoms with Crippen molar-refractivity contribution in [2.24, 2.45) is 0 Å². The van der Waals surface area contributed by atoms with E-state index in [0.29, 0.717) is 5.56 Å². The van der Waals surface area contributed by atoms with Crippen LogP contribution in [0.2, 0.25) is 5.02 Å². The maximum atomic E-state index is 12.4. The molecule has 1 nitrogen and oxygen atoms in total. The van der Waals surface area contributed by atoms with E-state index in [4.69, 9.17) is 11.6 Å². The molecule has 0 aliphatic carbocycles. The van der Waals surface area contributed by atoms with Crippen molar-refractivity contribution < 1.29 is 13.6 Å². The van der Waals surface area contributed by atoms with Gasteiger partial charge in [0.1, 0.15) is 5.78 Å². The Hall–Kier alpha value is -0.960. The average molecular weight is 219 g/mol. The van der Waals surface area contributed by atoms with Crippen LogP contribution in [0.15, 0.2) is 18.2 Å². The SMILES string of the molecule is CC(=O)Cc1cccc(C(F)F)c1Cl. The molecule has 14 heavy (non-hydrogen) atoms. The Bertz CT molecular complexity index is 350. The lowest BCUT2D eigenvalue weighted by molar-refractivity contribution is -0.116. The topological polar surface area (TPSA) is 17.1 Å². The second-order valence-electron chi connectivity index (χ2n) is 3.00. The van der Waals surface area contributed by atoms with Crippen molar-refractivity contribution in [1.29, 1.82) is 0 Å². The van der Waals surface area contributed by atoms with Gasteiger partial charge in [0, 0.05) is 12.0 Å². The van der Waals surface area contributed by atoms with Crippen LogP contribution in [0.4, 0.5) is 8.78 Å². The van der Waals surface area contributed by atoms with E-state index in [2.05, 4.69) is 0 Å². The first-order chi connectivity index (χ1) is 6.52. The third-order valence-corrected chi connectivity index (χ3v) is 2.24. The molecule has 0 saturated carbocycles. The molecule has 0 amide bonds. The minimum atomic E-state index is -2.60. The molecule has 0 aliphatic rings. The van der Waals surface area contributed by atoms with E-state index in [-0.39, 0.29) is 22.8 Å². The lowest BCUT2D eigenvalue weighted by Gasteiger charge is -2.07. The molecule has 76 valence electrons. The van der Waals surface area contributed by atoms with Gasteiger partial charge in [0.25, 0.3) is 6.43 Å². The summed E-state index contributed by atoms with van der Waals surface area (Å²) in [6.45, 7) is 1.39. The van der Waals surface area contributed by atoms with Gasteiger partial charge in [-0.2, -0.15) is 0 Å². The number of alkyl halides is 2. The maximum Gasteiger partial charge on any atom is 0.265 e. The molecule has 0 saturated heterocycles. The van der Waals surface area contributed by atoms with Crippen molar-refractivity contribution in [2.75, 3.05) is 0 Å². The molecule has 0 aliphatic heterocycles. The summed E-state index contributed by atoms with van der Waals surface area (Å²) in [7, 11) is 0. The van der Waals surface area contributed by atoms with E-state index >= 15 is 0 Å². The quantitative estimate of drug-likeness (QED) is 0.760. The van der Waals surface area contributed by atoms with Gasteiger partial charge < -0.3 is 0 Å². The summed E-state index contributed by atoms with van der Waals surface area (Å²) >= 11 is 5.72. The Balaban J connectivity index is 3.07. The van der Waals surface area contributed by atoms with Crippen LogP contribution in [-0.4, -0.2) is 5.78 Å². The van der Waals surface area contributed by atoms with Gasteiger partial charge in [-0.3, -0.25) is 4.79 Å². The molecule has 1 aromatic rings. The molecule has 4 heteroatoms. The van der Waals surface area contributed by atoms with Crippen LogP contribution in [0, 0.1) is 0 Å². The summed E-state index contributed by atoms with van der Waals surface area (Å²) in [5, 5.41) is -0.00213. The van der Waals surface area contributed by atoms with E-state index in [1.807, 2.05) is 0 Å². The number of benzene rings is 1. The molecule has 0 heterocycles. The van der Waals surface area contributed by atoms with Crippen molar-refractivity contribution in [3.63, 3.8) is 0 Å². The van der Waals surface area contributed by atoms with Gasteiger partial charge in [-0.25, -0.2) is 8.78 Å². The van der Waals surface area contributed by atoms with Crippen molar-refractivity contribution in [3.05, 3.63) is 34.3 Å². The van der Waals surface area contributed by atoms with E-state index in [0.717, 1.165) is 0 Å². The Labute approximate surface area is 85.7 Å². The summed E-state index contributed by atoms with van der Waals surface area (Å²) in [6.07, 6.45) is -2.51. The summed E-state index contributed by atoms with van der Waals surface area (Å²) < 4.78 is 24.8. The number of Topliss-reactive ketones (excluding diaryl/α,β-unsaturated/α-hetero) is 1. The largest absolute Gasteiger partial charge is 0.300 e. The van der Waals surface area contributed by atoms with Crippen molar-refractivity contribution in [2.45, 2.75) is 19.8 Å². The Morgan fingerprint density at radius 3 is 2.64 bits per heavy atom. The molecule has 0 N–H and O–H groups in total. The first kappa shape index (κ1) is 11.1. The molecular weight excluding hydrogens is 210 g/mol. The molecule has 0 bridgehead atoms. The zero-order valence-electron chi connectivity index (χ0n) is 7.56. The molecule has 0 aromatic heterocycles. The number of carbonyl (C=O) groups is 1. The van der Waals surface area contributed by atoms with Crippen LogP contribution in [0.1, 0.15) is 24.5 Å². The standard InChI is InChI=1S/C10H9ClF2O/c1-6(14)5-7-3-2-4-8(9(7)11)10(12)13/h2-4,10H,5H2,1H3. The molecular formula is C10H9ClF2O. The fourth-order valence-corrected chi connectivity index (χ4v) is 1.45. The molecule has 0 unspecified atom stereocenters. The van der Waals surface area contributed by atoms with E-state index in [9.17, 15) is 13.6 Å². The zero-order valence-corrected chi connectivity index (χ0v) is 8.31. The van der Waals surface area contributed by atoms with Crippen LogP contribution in [-0.2, 0) is 11.2 Å². The predicted molar refractivity (Wildman–Crippen MR) is 50.8 cm³/mol. The highest BCUT2D eigenvalue weighted by Gasteiger charge is 2.14. The maximum absolute atomic E-state index is 12.4. The molecule has 0 spiro atoms. The number of hydrogen-bond acceptors (Lipinski definition) is 1. The van der Waals surface area contributed by atoms with Gasteiger partial charge in [-0.1, -0.05) is 29.8 Å². The normalized spacial score (nSPS) is 10.6. The Morgan fingerprint density at radius 1 is 1.50 bits per heavy atom. The zero-order chi connectivity index (χ0) is 10.7. The van der Waals surface area contributed by atoms with Crippen LogP contribution in [0.5, 0.6) is 0 Å². The fraction of sp³-hybridized carbons (Fsp3) is 0.300. The minimum Gasteiger partial charge on any atom is -0.300 e. The molecule has 1 rings (SSSR count). The van der Waals surface area contributed by atoms with Crippen LogP contribution in [0.25, 0.3) is 0 Å². The minimum absolute atomic E-state index is 0.00213. The van der Waals surface area contributed by atoms with Gasteiger partial charge in [0.2, 0.25) is 0 Å².